The van der Waals surface area contributed by atoms with Crippen LogP contribution in [0.4, 0.5) is 4.39 Å². The first-order valence-corrected chi connectivity index (χ1v) is 6.71. The van der Waals surface area contributed by atoms with Crippen LogP contribution in [-0.2, 0) is 13.1 Å². The number of rotatable bonds is 4. The van der Waals surface area contributed by atoms with E-state index in [-0.39, 0.29) is 5.82 Å². The Hall–Kier alpha value is -2.37. The molecule has 21 heavy (non-hydrogen) atoms. The number of nitrogens with one attached hydrogen (secondary N) is 2. The third-order valence-corrected chi connectivity index (χ3v) is 3.11. The van der Waals surface area contributed by atoms with E-state index in [4.69, 9.17) is 4.42 Å². The molecule has 0 radical (unpaired) electrons. The van der Waals surface area contributed by atoms with Crippen LogP contribution in [0.5, 0.6) is 0 Å². The molecule has 2 aromatic rings. The van der Waals surface area contributed by atoms with Gasteiger partial charge in [0.05, 0.1) is 12.2 Å². The van der Waals surface area contributed by atoms with Crippen molar-refractivity contribution in [2.75, 3.05) is 7.05 Å². The molecular formula is C15H19FN4O. The normalized spacial score (nSPS) is 11.5. The minimum Gasteiger partial charge on any atom is -0.444 e. The van der Waals surface area contributed by atoms with Crippen LogP contribution in [0.25, 0.3) is 0 Å². The van der Waals surface area contributed by atoms with E-state index in [1.165, 1.54) is 6.07 Å². The van der Waals surface area contributed by atoms with E-state index in [1.807, 2.05) is 13.8 Å². The van der Waals surface area contributed by atoms with Gasteiger partial charge in [0.2, 0.25) is 5.89 Å². The molecule has 0 saturated heterocycles. The second-order valence-electron chi connectivity index (χ2n) is 4.62. The fourth-order valence-electron chi connectivity index (χ4n) is 1.82. The quantitative estimate of drug-likeness (QED) is 0.670. The maximum absolute atomic E-state index is 13.5. The van der Waals surface area contributed by atoms with Gasteiger partial charge in [0.15, 0.2) is 5.96 Å². The van der Waals surface area contributed by atoms with E-state index in [9.17, 15) is 4.39 Å². The molecule has 2 N–H and O–H groups in total. The smallest absolute Gasteiger partial charge is 0.214 e. The molecule has 0 bridgehead atoms. The number of hydrogen-bond acceptors (Lipinski definition) is 3. The van der Waals surface area contributed by atoms with E-state index in [0.29, 0.717) is 30.5 Å². The monoisotopic (exact) mass is 290 g/mol. The van der Waals surface area contributed by atoms with Crippen LogP contribution in [-0.4, -0.2) is 18.0 Å². The minimum absolute atomic E-state index is 0.237. The van der Waals surface area contributed by atoms with Crippen LogP contribution in [0.3, 0.4) is 0 Å². The molecule has 0 unspecified atom stereocenters. The topological polar surface area (TPSA) is 62.5 Å². The summed E-state index contributed by atoms with van der Waals surface area (Å²) in [5.74, 6) is 1.73. The summed E-state index contributed by atoms with van der Waals surface area (Å²) in [7, 11) is 1.66. The van der Waals surface area contributed by atoms with Crippen LogP contribution in [0.15, 0.2) is 33.7 Å². The number of nitrogens with zero attached hydrogens (tertiary/aromatic N) is 2. The molecule has 0 amide bonds. The van der Waals surface area contributed by atoms with E-state index >= 15 is 0 Å². The van der Waals surface area contributed by atoms with Crippen molar-refractivity contribution in [2.24, 2.45) is 4.99 Å². The van der Waals surface area contributed by atoms with Gasteiger partial charge in [-0.05, 0) is 19.9 Å². The second-order valence-corrected chi connectivity index (χ2v) is 4.62. The van der Waals surface area contributed by atoms with Crippen molar-refractivity contribution in [2.45, 2.75) is 26.9 Å². The zero-order chi connectivity index (χ0) is 15.2. The zero-order valence-electron chi connectivity index (χ0n) is 12.4. The Balaban J connectivity index is 1.88. The molecule has 1 aromatic heterocycles. The number of aryl methyl sites for hydroxylation is 2. The second kappa shape index (κ2) is 6.88. The highest BCUT2D eigenvalue weighted by Crippen LogP contribution is 2.08. The third-order valence-electron chi connectivity index (χ3n) is 3.11. The third kappa shape index (κ3) is 4.05. The van der Waals surface area contributed by atoms with E-state index in [0.717, 1.165) is 11.5 Å². The van der Waals surface area contributed by atoms with Crippen molar-refractivity contribution in [1.29, 1.82) is 0 Å². The fraction of sp³-hybridized carbons (Fsp3) is 0.333. The van der Waals surface area contributed by atoms with Gasteiger partial charge in [-0.15, -0.1) is 0 Å². The number of halogens is 1. The average Bonchev–Trinajstić information content (AvgIpc) is 2.79. The Bertz CT molecular complexity index is 617. The van der Waals surface area contributed by atoms with Gasteiger partial charge in [0.25, 0.3) is 0 Å². The van der Waals surface area contributed by atoms with Crippen molar-refractivity contribution in [3.63, 3.8) is 0 Å². The summed E-state index contributed by atoms with van der Waals surface area (Å²) in [5, 5.41) is 6.12. The Labute approximate surface area is 123 Å². The van der Waals surface area contributed by atoms with Crippen LogP contribution in [0, 0.1) is 19.7 Å². The molecule has 0 aliphatic rings. The largest absolute Gasteiger partial charge is 0.444 e. The number of aliphatic imine (C=N–C) groups is 1. The molecule has 0 fully saturated rings. The summed E-state index contributed by atoms with van der Waals surface area (Å²) in [6, 6.07) is 6.63. The molecule has 2 rings (SSSR count). The number of aromatic nitrogens is 1. The molecule has 0 aliphatic carbocycles. The lowest BCUT2D eigenvalue weighted by molar-refractivity contribution is 0.463. The lowest BCUT2D eigenvalue weighted by atomic mass is 10.2. The minimum atomic E-state index is -0.237. The summed E-state index contributed by atoms with van der Waals surface area (Å²) in [6.45, 7) is 4.55. The molecule has 112 valence electrons. The van der Waals surface area contributed by atoms with Crippen LogP contribution in [0.2, 0.25) is 0 Å². The molecule has 6 heteroatoms. The maximum Gasteiger partial charge on any atom is 0.214 e. The first kappa shape index (κ1) is 15.0. The van der Waals surface area contributed by atoms with Gasteiger partial charge < -0.3 is 15.1 Å². The number of oxazole rings is 1. The van der Waals surface area contributed by atoms with Gasteiger partial charge in [-0.2, -0.15) is 0 Å². The van der Waals surface area contributed by atoms with E-state index in [1.54, 1.807) is 25.2 Å². The Morgan fingerprint density at radius 3 is 2.57 bits per heavy atom. The lowest BCUT2D eigenvalue weighted by Gasteiger charge is -2.11. The fourth-order valence-corrected chi connectivity index (χ4v) is 1.82. The number of benzene rings is 1. The highest BCUT2D eigenvalue weighted by molar-refractivity contribution is 5.79. The highest BCUT2D eigenvalue weighted by Gasteiger charge is 2.07. The first-order valence-electron chi connectivity index (χ1n) is 6.71. The molecular weight excluding hydrogens is 271 g/mol. The molecule has 1 aromatic carbocycles. The maximum atomic E-state index is 13.5. The van der Waals surface area contributed by atoms with Crippen LogP contribution < -0.4 is 10.6 Å². The average molecular weight is 290 g/mol. The Kier molecular flexibility index (Phi) is 4.92. The molecule has 0 spiro atoms. The SMILES string of the molecule is CN=C(NCc1nc(C)c(C)o1)NCc1ccccc1F. The molecule has 5 nitrogen and oxygen atoms in total. The van der Waals surface area contributed by atoms with Crippen molar-refractivity contribution >= 4 is 5.96 Å². The summed E-state index contributed by atoms with van der Waals surface area (Å²) in [6.07, 6.45) is 0. The van der Waals surface area contributed by atoms with Crippen molar-refractivity contribution < 1.29 is 8.81 Å². The number of guanidine groups is 1. The van der Waals surface area contributed by atoms with Crippen molar-refractivity contribution in [3.8, 4) is 0 Å². The van der Waals surface area contributed by atoms with Crippen molar-refractivity contribution in [3.05, 3.63) is 53.0 Å². The Morgan fingerprint density at radius 1 is 1.24 bits per heavy atom. The number of hydrogen-bond donors (Lipinski definition) is 2. The van der Waals surface area contributed by atoms with Gasteiger partial charge in [-0.3, -0.25) is 4.99 Å². The van der Waals surface area contributed by atoms with E-state index in [2.05, 4.69) is 20.6 Å². The van der Waals surface area contributed by atoms with Gasteiger partial charge in [-0.1, -0.05) is 18.2 Å². The predicted octanol–water partition coefficient (Wildman–Crippen LogP) is 2.30. The van der Waals surface area contributed by atoms with E-state index < -0.39 is 0 Å². The zero-order valence-corrected chi connectivity index (χ0v) is 12.4. The summed E-state index contributed by atoms with van der Waals surface area (Å²) in [5.41, 5.74) is 1.46. The first-order chi connectivity index (χ1) is 10.1. The summed E-state index contributed by atoms with van der Waals surface area (Å²) >= 11 is 0. The molecule has 0 atom stereocenters. The predicted molar refractivity (Wildman–Crippen MR) is 79.4 cm³/mol. The lowest BCUT2D eigenvalue weighted by Crippen LogP contribution is -2.36. The Morgan fingerprint density at radius 2 is 1.95 bits per heavy atom. The van der Waals surface area contributed by atoms with Gasteiger partial charge in [-0.25, -0.2) is 9.37 Å². The molecule has 0 aliphatic heterocycles. The van der Waals surface area contributed by atoms with Gasteiger partial charge >= 0.3 is 0 Å². The van der Waals surface area contributed by atoms with Gasteiger partial charge in [0.1, 0.15) is 11.6 Å². The van der Waals surface area contributed by atoms with Crippen LogP contribution >= 0.6 is 0 Å². The van der Waals surface area contributed by atoms with Crippen molar-refractivity contribution in [1.82, 2.24) is 15.6 Å². The summed E-state index contributed by atoms with van der Waals surface area (Å²) in [4.78, 5) is 8.36. The van der Waals surface area contributed by atoms with Gasteiger partial charge in [0, 0.05) is 19.2 Å². The molecule has 1 heterocycles. The highest BCUT2D eigenvalue weighted by atomic mass is 19.1. The standard InChI is InChI=1S/C15H19FN4O/c1-10-11(2)21-14(20-10)9-19-15(17-3)18-8-12-6-4-5-7-13(12)16/h4-7H,8-9H2,1-3H3,(H2,17,18,19). The molecule has 0 saturated carbocycles. The summed E-state index contributed by atoms with van der Waals surface area (Å²) < 4.78 is 19.0. The van der Waals surface area contributed by atoms with Crippen LogP contribution in [0.1, 0.15) is 22.9 Å².